The Morgan fingerprint density at radius 3 is 2.25 bits per heavy atom. The van der Waals surface area contributed by atoms with Gasteiger partial charge in [-0.15, -0.1) is 0 Å². The molecule has 0 aliphatic rings. The molecule has 0 aliphatic heterocycles. The first-order chi connectivity index (χ1) is 7.41. The van der Waals surface area contributed by atoms with Crippen LogP contribution in [0.15, 0.2) is 12.1 Å². The summed E-state index contributed by atoms with van der Waals surface area (Å²) in [5, 5.41) is 3.12. The highest BCUT2D eigenvalue weighted by molar-refractivity contribution is 5.75. The van der Waals surface area contributed by atoms with Crippen LogP contribution in [0.2, 0.25) is 0 Å². The molecule has 0 spiro atoms. The van der Waals surface area contributed by atoms with Gasteiger partial charge >= 0.3 is 0 Å². The van der Waals surface area contributed by atoms with Gasteiger partial charge < -0.3 is 11.1 Å². The van der Waals surface area contributed by atoms with Gasteiger partial charge in [0.2, 0.25) is 5.91 Å². The van der Waals surface area contributed by atoms with Gasteiger partial charge in [-0.1, -0.05) is 17.7 Å². The maximum absolute atomic E-state index is 10.7. The summed E-state index contributed by atoms with van der Waals surface area (Å²) in [6.07, 6.45) is 0. The Kier molecular flexibility index (Phi) is 4.07. The number of hydrogen-bond acceptors (Lipinski definition) is 2. The van der Waals surface area contributed by atoms with E-state index in [2.05, 4.69) is 38.2 Å². The molecule has 1 atom stereocenters. The third kappa shape index (κ3) is 3.07. The molecule has 1 unspecified atom stereocenters. The normalized spacial score (nSPS) is 12.5. The Balaban J connectivity index is 2.90. The average molecular weight is 220 g/mol. The molecular weight excluding hydrogens is 200 g/mol. The number of nitrogens with one attached hydrogen (secondary N) is 1. The lowest BCUT2D eigenvalue weighted by atomic mass is 9.95. The van der Waals surface area contributed by atoms with Crippen molar-refractivity contribution in [3.63, 3.8) is 0 Å². The summed E-state index contributed by atoms with van der Waals surface area (Å²) in [7, 11) is 0. The van der Waals surface area contributed by atoms with Gasteiger partial charge in [0.1, 0.15) is 0 Å². The van der Waals surface area contributed by atoms with Crippen LogP contribution in [0.25, 0.3) is 0 Å². The van der Waals surface area contributed by atoms with Crippen LogP contribution in [0.1, 0.15) is 35.2 Å². The average Bonchev–Trinajstić information content (AvgIpc) is 2.12. The fourth-order valence-corrected chi connectivity index (χ4v) is 2.23. The molecule has 0 aliphatic carbocycles. The number of primary amides is 1. The Labute approximate surface area is 97.0 Å². The number of carbonyl (C=O) groups excluding carboxylic acids is 1. The Morgan fingerprint density at radius 1 is 1.31 bits per heavy atom. The topological polar surface area (TPSA) is 55.1 Å². The number of nitrogens with two attached hydrogens (primary N) is 1. The minimum Gasteiger partial charge on any atom is -0.369 e. The van der Waals surface area contributed by atoms with Crippen LogP contribution in [0, 0.1) is 20.8 Å². The number of benzene rings is 1. The van der Waals surface area contributed by atoms with E-state index in [0.29, 0.717) is 0 Å². The largest absolute Gasteiger partial charge is 0.369 e. The van der Waals surface area contributed by atoms with Crippen molar-refractivity contribution < 1.29 is 4.79 Å². The molecule has 0 aromatic heterocycles. The molecule has 0 saturated carbocycles. The molecule has 88 valence electrons. The van der Waals surface area contributed by atoms with Crippen molar-refractivity contribution in [1.29, 1.82) is 0 Å². The SMILES string of the molecule is Cc1cc(C)c(C(C)NCC(N)=O)c(C)c1. The van der Waals surface area contributed by atoms with Gasteiger partial charge in [0.15, 0.2) is 0 Å². The molecule has 0 radical (unpaired) electrons. The Morgan fingerprint density at radius 2 is 1.81 bits per heavy atom. The summed E-state index contributed by atoms with van der Waals surface area (Å²) < 4.78 is 0. The summed E-state index contributed by atoms with van der Waals surface area (Å²) in [6, 6.07) is 4.46. The van der Waals surface area contributed by atoms with Gasteiger partial charge in [0.05, 0.1) is 6.54 Å². The fourth-order valence-electron chi connectivity index (χ4n) is 2.23. The summed E-state index contributed by atoms with van der Waals surface area (Å²) in [5.41, 5.74) is 10.1. The van der Waals surface area contributed by atoms with Crippen LogP contribution in [0.3, 0.4) is 0 Å². The van der Waals surface area contributed by atoms with Crippen LogP contribution >= 0.6 is 0 Å². The van der Waals surface area contributed by atoms with Crippen molar-refractivity contribution in [3.05, 3.63) is 34.4 Å². The second-order valence-electron chi connectivity index (χ2n) is 4.38. The van der Waals surface area contributed by atoms with Crippen LogP contribution in [0.4, 0.5) is 0 Å². The lowest BCUT2D eigenvalue weighted by molar-refractivity contribution is -0.117. The molecule has 0 fully saturated rings. The maximum atomic E-state index is 10.7. The van der Waals surface area contributed by atoms with E-state index in [9.17, 15) is 4.79 Å². The van der Waals surface area contributed by atoms with Gasteiger partial charge in [-0.3, -0.25) is 4.79 Å². The quantitative estimate of drug-likeness (QED) is 0.812. The van der Waals surface area contributed by atoms with Crippen LogP contribution < -0.4 is 11.1 Å². The zero-order valence-corrected chi connectivity index (χ0v) is 10.4. The molecule has 0 heterocycles. The second-order valence-corrected chi connectivity index (χ2v) is 4.38. The number of rotatable bonds is 4. The Hall–Kier alpha value is -1.35. The summed E-state index contributed by atoms with van der Waals surface area (Å²) in [6.45, 7) is 8.54. The summed E-state index contributed by atoms with van der Waals surface area (Å²) in [4.78, 5) is 10.7. The van der Waals surface area contributed by atoms with Gasteiger partial charge in [-0.2, -0.15) is 0 Å². The fraction of sp³-hybridized carbons (Fsp3) is 0.462. The molecule has 3 nitrogen and oxygen atoms in total. The number of hydrogen-bond donors (Lipinski definition) is 2. The zero-order valence-electron chi connectivity index (χ0n) is 10.4. The summed E-state index contributed by atoms with van der Waals surface area (Å²) in [5.74, 6) is -0.325. The summed E-state index contributed by atoms with van der Waals surface area (Å²) >= 11 is 0. The highest BCUT2D eigenvalue weighted by atomic mass is 16.1. The molecule has 1 rings (SSSR count). The van der Waals surface area contributed by atoms with E-state index in [-0.39, 0.29) is 18.5 Å². The lowest BCUT2D eigenvalue weighted by Gasteiger charge is -2.19. The molecule has 1 amide bonds. The predicted octanol–water partition coefficient (Wildman–Crippen LogP) is 1.75. The monoisotopic (exact) mass is 220 g/mol. The molecule has 3 heteroatoms. The van der Waals surface area contributed by atoms with E-state index in [1.54, 1.807) is 0 Å². The van der Waals surface area contributed by atoms with E-state index in [0.717, 1.165) is 0 Å². The van der Waals surface area contributed by atoms with Crippen LogP contribution in [0.5, 0.6) is 0 Å². The van der Waals surface area contributed by atoms with Crippen LogP contribution in [-0.4, -0.2) is 12.5 Å². The van der Waals surface area contributed by atoms with Crippen molar-refractivity contribution in [3.8, 4) is 0 Å². The van der Waals surface area contributed by atoms with Crippen molar-refractivity contribution >= 4 is 5.91 Å². The van der Waals surface area contributed by atoms with E-state index in [4.69, 9.17) is 5.73 Å². The Bertz CT molecular complexity index is 376. The minimum absolute atomic E-state index is 0.146. The minimum atomic E-state index is -0.325. The van der Waals surface area contributed by atoms with E-state index >= 15 is 0 Å². The second kappa shape index (κ2) is 5.12. The van der Waals surface area contributed by atoms with Crippen molar-refractivity contribution in [1.82, 2.24) is 5.32 Å². The number of carbonyl (C=O) groups is 1. The van der Waals surface area contributed by atoms with Crippen LogP contribution in [-0.2, 0) is 4.79 Å². The third-order valence-corrected chi connectivity index (χ3v) is 2.75. The van der Waals surface area contributed by atoms with E-state index in [1.807, 2.05) is 6.92 Å². The van der Waals surface area contributed by atoms with Crippen molar-refractivity contribution in [2.45, 2.75) is 33.7 Å². The van der Waals surface area contributed by atoms with Crippen molar-refractivity contribution in [2.24, 2.45) is 5.73 Å². The van der Waals surface area contributed by atoms with Gasteiger partial charge in [0.25, 0.3) is 0 Å². The van der Waals surface area contributed by atoms with Gasteiger partial charge in [-0.25, -0.2) is 0 Å². The molecule has 0 bridgehead atoms. The first-order valence-corrected chi connectivity index (χ1v) is 5.51. The molecule has 1 aromatic carbocycles. The first-order valence-electron chi connectivity index (χ1n) is 5.51. The standard InChI is InChI=1S/C13H20N2O/c1-8-5-9(2)13(10(3)6-8)11(4)15-7-12(14)16/h5-6,11,15H,7H2,1-4H3,(H2,14,16). The maximum Gasteiger partial charge on any atom is 0.231 e. The third-order valence-electron chi connectivity index (χ3n) is 2.75. The van der Waals surface area contributed by atoms with Gasteiger partial charge in [0, 0.05) is 6.04 Å². The predicted molar refractivity (Wildman–Crippen MR) is 66.3 cm³/mol. The van der Waals surface area contributed by atoms with Crippen molar-refractivity contribution in [2.75, 3.05) is 6.54 Å². The van der Waals surface area contributed by atoms with E-state index < -0.39 is 0 Å². The number of amides is 1. The lowest BCUT2D eigenvalue weighted by Crippen LogP contribution is -2.31. The molecule has 16 heavy (non-hydrogen) atoms. The highest BCUT2D eigenvalue weighted by Crippen LogP contribution is 2.22. The molecule has 3 N–H and O–H groups in total. The highest BCUT2D eigenvalue weighted by Gasteiger charge is 2.11. The molecule has 1 aromatic rings. The van der Waals surface area contributed by atoms with E-state index in [1.165, 1.54) is 22.3 Å². The van der Waals surface area contributed by atoms with Gasteiger partial charge in [-0.05, 0) is 44.4 Å². The number of aryl methyl sites for hydroxylation is 3. The zero-order chi connectivity index (χ0) is 12.3. The molecular formula is C13H20N2O. The molecule has 0 saturated heterocycles. The first kappa shape index (κ1) is 12.7. The smallest absolute Gasteiger partial charge is 0.231 e.